The number of hydrogen-bond acceptors (Lipinski definition) is 5. The van der Waals surface area contributed by atoms with Gasteiger partial charge in [0, 0.05) is 5.69 Å². The molecule has 7 nitrogen and oxygen atoms in total. The molecule has 0 amide bonds. The summed E-state index contributed by atoms with van der Waals surface area (Å²) in [5, 5.41) is 0. The first kappa shape index (κ1) is 22.6. The van der Waals surface area contributed by atoms with Gasteiger partial charge in [0.15, 0.2) is 0 Å². The maximum Gasteiger partial charge on any atom is 0.261 e. The van der Waals surface area contributed by atoms with Gasteiger partial charge in [-0.1, -0.05) is 12.1 Å². The van der Waals surface area contributed by atoms with E-state index in [1.165, 1.54) is 43.5 Å². The summed E-state index contributed by atoms with van der Waals surface area (Å²) in [6.45, 7) is 5.44. The van der Waals surface area contributed by atoms with Crippen LogP contribution in [0.4, 0.5) is 11.4 Å². The smallest absolute Gasteiger partial charge is 0.261 e. The van der Waals surface area contributed by atoms with Crippen LogP contribution in [-0.4, -0.2) is 23.9 Å². The Kier molecular flexibility index (Phi) is 6.28. The lowest BCUT2D eigenvalue weighted by Gasteiger charge is -2.13. The van der Waals surface area contributed by atoms with Gasteiger partial charge >= 0.3 is 0 Å². The first-order valence-corrected chi connectivity index (χ1v) is 12.4. The average Bonchev–Trinajstić information content (AvgIpc) is 2.70. The Bertz CT molecular complexity index is 1320. The van der Waals surface area contributed by atoms with Crippen LogP contribution in [0.25, 0.3) is 0 Å². The monoisotopic (exact) mass is 460 g/mol. The summed E-state index contributed by atoms with van der Waals surface area (Å²) in [6, 6.07) is 15.6. The molecule has 0 bridgehead atoms. The van der Waals surface area contributed by atoms with Crippen LogP contribution >= 0.6 is 0 Å². The lowest BCUT2D eigenvalue weighted by atomic mass is 10.1. The van der Waals surface area contributed by atoms with Crippen LogP contribution in [0.3, 0.4) is 0 Å². The van der Waals surface area contributed by atoms with Crippen molar-refractivity contribution in [3.63, 3.8) is 0 Å². The number of benzene rings is 3. The van der Waals surface area contributed by atoms with Crippen LogP contribution in [0.2, 0.25) is 0 Å². The maximum absolute atomic E-state index is 12.7. The highest BCUT2D eigenvalue weighted by molar-refractivity contribution is 7.93. The number of ether oxygens (including phenoxy) is 1. The largest absolute Gasteiger partial charge is 0.496 e. The Balaban J connectivity index is 1.81. The number of aryl methyl sites for hydroxylation is 3. The van der Waals surface area contributed by atoms with Crippen molar-refractivity contribution in [3.05, 3.63) is 77.4 Å². The van der Waals surface area contributed by atoms with Crippen molar-refractivity contribution >= 4 is 31.4 Å². The van der Waals surface area contributed by atoms with E-state index in [2.05, 4.69) is 9.44 Å². The van der Waals surface area contributed by atoms with Crippen molar-refractivity contribution in [2.75, 3.05) is 16.6 Å². The lowest BCUT2D eigenvalue weighted by Crippen LogP contribution is -2.15. The summed E-state index contributed by atoms with van der Waals surface area (Å²) in [5.74, 6) is 0.588. The third-order valence-corrected chi connectivity index (χ3v) is 7.49. The van der Waals surface area contributed by atoms with Crippen LogP contribution < -0.4 is 14.2 Å². The Labute approximate surface area is 183 Å². The predicted molar refractivity (Wildman–Crippen MR) is 122 cm³/mol. The van der Waals surface area contributed by atoms with E-state index in [0.717, 1.165) is 11.1 Å². The third kappa shape index (κ3) is 5.18. The van der Waals surface area contributed by atoms with Gasteiger partial charge in [-0.05, 0) is 86.0 Å². The summed E-state index contributed by atoms with van der Waals surface area (Å²) < 4.78 is 61.0. The van der Waals surface area contributed by atoms with E-state index in [1.54, 1.807) is 19.1 Å². The van der Waals surface area contributed by atoms with E-state index in [0.29, 0.717) is 17.0 Å². The minimum Gasteiger partial charge on any atom is -0.496 e. The van der Waals surface area contributed by atoms with Crippen molar-refractivity contribution < 1.29 is 21.6 Å². The fraction of sp³-hybridized carbons (Fsp3) is 0.182. The summed E-state index contributed by atoms with van der Waals surface area (Å²) in [4.78, 5) is 0.107. The molecule has 0 aliphatic rings. The van der Waals surface area contributed by atoms with Crippen molar-refractivity contribution in [1.29, 1.82) is 0 Å². The van der Waals surface area contributed by atoms with Crippen LogP contribution in [-0.2, 0) is 20.0 Å². The Morgan fingerprint density at radius 3 is 1.90 bits per heavy atom. The fourth-order valence-corrected chi connectivity index (χ4v) is 5.25. The van der Waals surface area contributed by atoms with Crippen molar-refractivity contribution in [2.24, 2.45) is 0 Å². The summed E-state index contributed by atoms with van der Waals surface area (Å²) >= 11 is 0. The molecule has 2 N–H and O–H groups in total. The zero-order valence-electron chi connectivity index (χ0n) is 17.6. The molecular formula is C22H24N2O5S2. The normalized spacial score (nSPS) is 11.7. The highest BCUT2D eigenvalue weighted by atomic mass is 32.2. The molecule has 0 fully saturated rings. The van der Waals surface area contributed by atoms with Gasteiger partial charge < -0.3 is 4.74 Å². The standard InChI is InChI=1S/C22H24N2O5S2/c1-15-5-6-16(2)21(13-15)24-30(25,26)19-9-7-18(8-10-19)23-31(27,28)20-11-12-22(29-4)17(3)14-20/h5-14,23-24H,1-4H3. The predicted octanol–water partition coefficient (Wildman–Crippen LogP) is 4.22. The first-order chi connectivity index (χ1) is 14.5. The molecule has 0 saturated heterocycles. The first-order valence-electron chi connectivity index (χ1n) is 9.39. The molecule has 0 heterocycles. The maximum atomic E-state index is 12.7. The number of hydrogen-bond donors (Lipinski definition) is 2. The molecule has 31 heavy (non-hydrogen) atoms. The van der Waals surface area contributed by atoms with Gasteiger partial charge in [0.1, 0.15) is 5.75 Å². The van der Waals surface area contributed by atoms with Gasteiger partial charge in [-0.15, -0.1) is 0 Å². The van der Waals surface area contributed by atoms with E-state index in [9.17, 15) is 16.8 Å². The van der Waals surface area contributed by atoms with Gasteiger partial charge in [0.05, 0.1) is 22.6 Å². The number of rotatable bonds is 7. The SMILES string of the molecule is COc1ccc(S(=O)(=O)Nc2ccc(S(=O)(=O)Nc3cc(C)ccc3C)cc2)cc1C. The summed E-state index contributed by atoms with van der Waals surface area (Å²) in [5.41, 5.74) is 3.17. The molecule has 3 aromatic rings. The van der Waals surface area contributed by atoms with Crippen molar-refractivity contribution in [2.45, 2.75) is 30.6 Å². The zero-order chi connectivity index (χ0) is 22.8. The van der Waals surface area contributed by atoms with Gasteiger partial charge in [-0.25, -0.2) is 16.8 Å². The molecule has 0 aliphatic heterocycles. The number of sulfonamides is 2. The summed E-state index contributed by atoms with van der Waals surface area (Å²) in [6.07, 6.45) is 0. The van der Waals surface area contributed by atoms with Crippen LogP contribution in [0.15, 0.2) is 70.5 Å². The Morgan fingerprint density at radius 2 is 1.29 bits per heavy atom. The molecule has 0 aliphatic carbocycles. The van der Waals surface area contributed by atoms with Gasteiger partial charge in [0.25, 0.3) is 20.0 Å². The van der Waals surface area contributed by atoms with Crippen LogP contribution in [0.5, 0.6) is 5.75 Å². The number of anilines is 2. The van der Waals surface area contributed by atoms with Crippen LogP contribution in [0.1, 0.15) is 16.7 Å². The van der Waals surface area contributed by atoms with E-state index >= 15 is 0 Å². The molecule has 0 spiro atoms. The second-order valence-corrected chi connectivity index (χ2v) is 10.5. The van der Waals surface area contributed by atoms with Gasteiger partial charge in [-0.2, -0.15) is 0 Å². The minimum atomic E-state index is -3.84. The van der Waals surface area contributed by atoms with Gasteiger partial charge in [-0.3, -0.25) is 9.44 Å². The molecule has 3 aromatic carbocycles. The quantitative estimate of drug-likeness (QED) is 0.550. The zero-order valence-corrected chi connectivity index (χ0v) is 19.3. The topological polar surface area (TPSA) is 102 Å². The number of nitrogens with one attached hydrogen (secondary N) is 2. The molecule has 9 heteroatoms. The highest BCUT2D eigenvalue weighted by Gasteiger charge is 2.18. The average molecular weight is 461 g/mol. The molecule has 0 saturated carbocycles. The number of methoxy groups -OCH3 is 1. The molecule has 3 rings (SSSR count). The molecular weight excluding hydrogens is 436 g/mol. The van der Waals surface area contributed by atoms with E-state index in [-0.39, 0.29) is 15.5 Å². The molecule has 164 valence electrons. The van der Waals surface area contributed by atoms with Crippen molar-refractivity contribution in [1.82, 2.24) is 0 Å². The molecule has 0 radical (unpaired) electrons. The lowest BCUT2D eigenvalue weighted by molar-refractivity contribution is 0.411. The van der Waals surface area contributed by atoms with E-state index in [4.69, 9.17) is 4.74 Å². The van der Waals surface area contributed by atoms with E-state index in [1.807, 2.05) is 26.0 Å². The second kappa shape index (κ2) is 8.60. The molecule has 0 unspecified atom stereocenters. The second-order valence-electron chi connectivity index (χ2n) is 7.19. The van der Waals surface area contributed by atoms with E-state index < -0.39 is 20.0 Å². The van der Waals surface area contributed by atoms with Crippen LogP contribution in [0, 0.1) is 20.8 Å². The third-order valence-electron chi connectivity index (χ3n) is 4.73. The Morgan fingerprint density at radius 1 is 0.677 bits per heavy atom. The molecule has 0 atom stereocenters. The Hall–Kier alpha value is -3.04. The minimum absolute atomic E-state index is 0.0247. The fourth-order valence-electron chi connectivity index (χ4n) is 2.98. The van der Waals surface area contributed by atoms with Crippen molar-refractivity contribution in [3.8, 4) is 5.75 Å². The summed E-state index contributed by atoms with van der Waals surface area (Å²) in [7, 11) is -6.14. The highest BCUT2D eigenvalue weighted by Crippen LogP contribution is 2.25. The van der Waals surface area contributed by atoms with Gasteiger partial charge in [0.2, 0.25) is 0 Å². The molecule has 0 aromatic heterocycles.